The molecule has 1 N–H and O–H groups in total. The summed E-state index contributed by atoms with van der Waals surface area (Å²) in [6.07, 6.45) is -5.13. The Labute approximate surface area is 189 Å². The summed E-state index contributed by atoms with van der Waals surface area (Å²) in [6.45, 7) is 1.59. The molecule has 0 aliphatic heterocycles. The first-order valence-electron chi connectivity index (χ1n) is 8.55. The summed E-state index contributed by atoms with van der Waals surface area (Å²) in [5.41, 5.74) is -2.64. The van der Waals surface area contributed by atoms with Crippen LogP contribution in [0.5, 0.6) is 5.75 Å². The van der Waals surface area contributed by atoms with Gasteiger partial charge in [-0.25, -0.2) is 17.8 Å². The highest BCUT2D eigenvalue weighted by atomic mass is 35.5. The molecule has 14 heteroatoms. The van der Waals surface area contributed by atoms with E-state index in [0.29, 0.717) is 5.56 Å². The molecule has 1 aromatic heterocycles. The molecule has 0 bridgehead atoms. The summed E-state index contributed by atoms with van der Waals surface area (Å²) in [5.74, 6) is -1.75. The third-order valence-electron chi connectivity index (χ3n) is 4.13. The van der Waals surface area contributed by atoms with Crippen molar-refractivity contribution in [3.8, 4) is 11.4 Å². The molecule has 32 heavy (non-hydrogen) atoms. The van der Waals surface area contributed by atoms with Gasteiger partial charge in [0.25, 0.3) is 15.9 Å². The number of amides is 1. The SMILES string of the molecule is COc1ccc(C)cc1S(=O)(=O)NC(=O)c1nnn(-c2ccc(Cl)cc2Cl)c1C(F)(F)F. The van der Waals surface area contributed by atoms with Crippen LogP contribution in [0.4, 0.5) is 13.2 Å². The Kier molecular flexibility index (Phi) is 6.40. The lowest BCUT2D eigenvalue weighted by molar-refractivity contribution is -0.143. The van der Waals surface area contributed by atoms with Crippen LogP contribution in [-0.2, 0) is 16.2 Å². The van der Waals surface area contributed by atoms with Gasteiger partial charge in [0.1, 0.15) is 10.6 Å². The number of nitrogens with one attached hydrogen (secondary N) is 1. The van der Waals surface area contributed by atoms with E-state index in [1.165, 1.54) is 31.4 Å². The number of ether oxygens (including phenoxy) is 1. The molecule has 0 aliphatic rings. The maximum atomic E-state index is 13.8. The molecular weight excluding hydrogens is 496 g/mol. The van der Waals surface area contributed by atoms with Gasteiger partial charge in [-0.1, -0.05) is 34.5 Å². The minimum absolute atomic E-state index is 0.108. The molecule has 0 spiro atoms. The van der Waals surface area contributed by atoms with Gasteiger partial charge in [-0.3, -0.25) is 4.79 Å². The molecule has 1 heterocycles. The van der Waals surface area contributed by atoms with Crippen molar-refractivity contribution in [1.82, 2.24) is 19.7 Å². The number of carbonyl (C=O) groups excluding carboxylic acids is 1. The lowest BCUT2D eigenvalue weighted by Crippen LogP contribution is -2.33. The summed E-state index contributed by atoms with van der Waals surface area (Å²) in [4.78, 5) is 12.1. The van der Waals surface area contributed by atoms with Crippen LogP contribution in [0.3, 0.4) is 0 Å². The fourth-order valence-corrected chi connectivity index (χ4v) is 4.43. The second-order valence-electron chi connectivity index (χ2n) is 6.38. The quantitative estimate of drug-likeness (QED) is 0.558. The lowest BCUT2D eigenvalue weighted by Gasteiger charge is -2.13. The molecule has 1 amide bonds. The summed E-state index contributed by atoms with van der Waals surface area (Å²) >= 11 is 11.7. The molecule has 0 saturated carbocycles. The number of alkyl halides is 3. The molecule has 3 rings (SSSR count). The summed E-state index contributed by atoms with van der Waals surface area (Å²) in [6, 6.07) is 7.68. The van der Waals surface area contributed by atoms with E-state index in [0.717, 1.165) is 6.07 Å². The molecule has 0 fully saturated rings. The summed E-state index contributed by atoms with van der Waals surface area (Å²) in [5, 5.41) is 6.57. The van der Waals surface area contributed by atoms with Gasteiger partial charge in [-0.05, 0) is 42.8 Å². The first kappa shape index (κ1) is 23.8. The van der Waals surface area contributed by atoms with Gasteiger partial charge in [-0.15, -0.1) is 5.10 Å². The number of halogens is 5. The Bertz CT molecular complexity index is 1310. The van der Waals surface area contributed by atoms with E-state index in [1.807, 2.05) is 0 Å². The van der Waals surface area contributed by atoms with E-state index in [4.69, 9.17) is 27.9 Å². The van der Waals surface area contributed by atoms with E-state index in [9.17, 15) is 26.4 Å². The number of benzene rings is 2. The second-order valence-corrected chi connectivity index (χ2v) is 8.88. The van der Waals surface area contributed by atoms with E-state index in [2.05, 4.69) is 10.3 Å². The molecule has 2 aromatic carbocycles. The zero-order valence-corrected chi connectivity index (χ0v) is 18.6. The van der Waals surface area contributed by atoms with Gasteiger partial charge in [0.05, 0.1) is 17.8 Å². The van der Waals surface area contributed by atoms with Crippen LogP contribution in [0, 0.1) is 6.92 Å². The van der Waals surface area contributed by atoms with Crippen LogP contribution < -0.4 is 9.46 Å². The average molecular weight is 509 g/mol. The maximum absolute atomic E-state index is 13.8. The summed E-state index contributed by atoms with van der Waals surface area (Å²) in [7, 11) is -3.41. The zero-order chi connectivity index (χ0) is 23.8. The standard InChI is InChI=1S/C18H13Cl2F3N4O4S/c1-9-3-6-13(31-2)14(7-9)32(29,30)25-17(28)15-16(18(21,22)23)27(26-24-15)12-5-4-10(19)8-11(12)20/h3-8H,1-2H3,(H,25,28). The maximum Gasteiger partial charge on any atom is 0.435 e. The first-order chi connectivity index (χ1) is 14.8. The second kappa shape index (κ2) is 8.60. The molecule has 0 saturated heterocycles. The number of aromatic nitrogens is 3. The molecule has 0 unspecified atom stereocenters. The Morgan fingerprint density at radius 1 is 1.16 bits per heavy atom. The number of hydrogen-bond donors (Lipinski definition) is 1. The van der Waals surface area contributed by atoms with Gasteiger partial charge >= 0.3 is 6.18 Å². The normalized spacial score (nSPS) is 12.0. The van der Waals surface area contributed by atoms with E-state index < -0.39 is 38.4 Å². The van der Waals surface area contributed by atoms with Gasteiger partial charge in [-0.2, -0.15) is 13.2 Å². The number of aryl methyl sites for hydroxylation is 1. The van der Waals surface area contributed by atoms with Crippen molar-refractivity contribution in [1.29, 1.82) is 0 Å². The predicted molar refractivity (Wildman–Crippen MR) is 109 cm³/mol. The molecular formula is C18H13Cl2F3N4O4S. The third-order valence-corrected chi connectivity index (χ3v) is 6.02. The Balaban J connectivity index is 2.08. The average Bonchev–Trinajstić information content (AvgIpc) is 3.13. The van der Waals surface area contributed by atoms with Crippen LogP contribution in [0.1, 0.15) is 21.7 Å². The van der Waals surface area contributed by atoms with Crippen molar-refractivity contribution in [2.45, 2.75) is 18.0 Å². The fraction of sp³-hybridized carbons (Fsp3) is 0.167. The molecule has 0 atom stereocenters. The van der Waals surface area contributed by atoms with Crippen molar-refractivity contribution < 1.29 is 31.1 Å². The third kappa shape index (κ3) is 4.66. The highest BCUT2D eigenvalue weighted by molar-refractivity contribution is 7.90. The number of hydrogen-bond acceptors (Lipinski definition) is 6. The zero-order valence-electron chi connectivity index (χ0n) is 16.2. The topological polar surface area (TPSA) is 103 Å². The van der Waals surface area contributed by atoms with Gasteiger partial charge in [0.2, 0.25) is 0 Å². The number of carbonyl (C=O) groups is 1. The Morgan fingerprint density at radius 3 is 2.44 bits per heavy atom. The largest absolute Gasteiger partial charge is 0.495 e. The monoisotopic (exact) mass is 508 g/mol. The van der Waals surface area contributed by atoms with Gasteiger partial charge in [0, 0.05) is 5.02 Å². The van der Waals surface area contributed by atoms with E-state index in [1.54, 1.807) is 17.7 Å². The number of sulfonamides is 1. The number of methoxy groups -OCH3 is 1. The number of rotatable bonds is 5. The van der Waals surface area contributed by atoms with Crippen LogP contribution in [0.2, 0.25) is 10.0 Å². The van der Waals surface area contributed by atoms with Crippen molar-refractivity contribution in [2.75, 3.05) is 7.11 Å². The molecule has 8 nitrogen and oxygen atoms in total. The van der Waals surface area contributed by atoms with E-state index >= 15 is 0 Å². The van der Waals surface area contributed by atoms with Gasteiger partial charge in [0.15, 0.2) is 11.4 Å². The smallest absolute Gasteiger partial charge is 0.435 e. The fourth-order valence-electron chi connectivity index (χ4n) is 2.73. The van der Waals surface area contributed by atoms with Crippen LogP contribution in [0.25, 0.3) is 5.69 Å². The van der Waals surface area contributed by atoms with Crippen LogP contribution in [0.15, 0.2) is 41.3 Å². The predicted octanol–water partition coefficient (Wildman–Crippen LogP) is 4.03. The first-order valence-corrected chi connectivity index (χ1v) is 10.8. The lowest BCUT2D eigenvalue weighted by atomic mass is 10.2. The van der Waals surface area contributed by atoms with Crippen molar-refractivity contribution in [3.63, 3.8) is 0 Å². The van der Waals surface area contributed by atoms with Crippen molar-refractivity contribution >= 4 is 39.1 Å². The highest BCUT2D eigenvalue weighted by Gasteiger charge is 2.43. The van der Waals surface area contributed by atoms with Crippen LogP contribution in [-0.4, -0.2) is 36.4 Å². The van der Waals surface area contributed by atoms with E-state index in [-0.39, 0.29) is 26.2 Å². The summed E-state index contributed by atoms with van der Waals surface area (Å²) < 4.78 is 73.6. The Hall–Kier alpha value is -2.83. The minimum Gasteiger partial charge on any atom is -0.495 e. The highest BCUT2D eigenvalue weighted by Crippen LogP contribution is 2.35. The van der Waals surface area contributed by atoms with Crippen LogP contribution >= 0.6 is 23.2 Å². The molecule has 3 aromatic rings. The van der Waals surface area contributed by atoms with Crippen molar-refractivity contribution in [2.24, 2.45) is 0 Å². The molecule has 0 aliphatic carbocycles. The number of nitrogens with zero attached hydrogens (tertiary/aromatic N) is 3. The minimum atomic E-state index is -5.13. The molecule has 170 valence electrons. The van der Waals surface area contributed by atoms with Gasteiger partial charge < -0.3 is 4.74 Å². The molecule has 0 radical (unpaired) electrons. The Morgan fingerprint density at radius 2 is 1.84 bits per heavy atom. The van der Waals surface area contributed by atoms with Crippen molar-refractivity contribution in [3.05, 3.63) is 63.4 Å².